The number of para-hydroxylation sites is 1. The molecule has 7 nitrogen and oxygen atoms in total. The number of aromatic nitrogens is 4. The lowest BCUT2D eigenvalue weighted by atomic mass is 10.3. The highest BCUT2D eigenvalue weighted by Gasteiger charge is 2.17. The number of hydrogen-bond donors (Lipinski definition) is 1. The zero-order valence-electron chi connectivity index (χ0n) is 15.4. The first-order valence-electron chi connectivity index (χ1n) is 8.78. The summed E-state index contributed by atoms with van der Waals surface area (Å²) >= 11 is 0. The fraction of sp³-hybridized carbons (Fsp3) is 0.0476. The molecule has 0 saturated heterocycles. The molecule has 29 heavy (non-hydrogen) atoms. The highest BCUT2D eigenvalue weighted by atomic mass is 19.1. The van der Waals surface area contributed by atoms with Crippen LogP contribution < -0.4 is 10.1 Å². The normalized spacial score (nSPS) is 10.6. The number of ether oxygens (including phenoxy) is 1. The zero-order chi connectivity index (χ0) is 20.2. The van der Waals surface area contributed by atoms with Gasteiger partial charge in [0.25, 0.3) is 5.91 Å². The number of amides is 1. The molecule has 0 aliphatic rings. The third-order valence-corrected chi connectivity index (χ3v) is 4.04. The first kappa shape index (κ1) is 18.3. The second kappa shape index (κ2) is 7.89. The van der Waals surface area contributed by atoms with E-state index in [1.54, 1.807) is 43.5 Å². The zero-order valence-corrected chi connectivity index (χ0v) is 15.4. The molecule has 0 radical (unpaired) electrons. The Bertz CT molecular complexity index is 1140. The number of carbonyl (C=O) groups excluding carboxylic acids is 1. The van der Waals surface area contributed by atoms with Crippen molar-refractivity contribution < 1.29 is 13.9 Å². The predicted molar refractivity (Wildman–Crippen MR) is 105 cm³/mol. The molecule has 1 amide bonds. The van der Waals surface area contributed by atoms with Crippen LogP contribution in [0.3, 0.4) is 0 Å². The van der Waals surface area contributed by atoms with Gasteiger partial charge in [-0.25, -0.2) is 14.1 Å². The van der Waals surface area contributed by atoms with Crippen LogP contribution in [0.5, 0.6) is 11.5 Å². The Balaban J connectivity index is 1.56. The number of hydrogen-bond acceptors (Lipinski definition) is 5. The molecular weight excluding hydrogens is 373 g/mol. The van der Waals surface area contributed by atoms with E-state index in [2.05, 4.69) is 20.4 Å². The minimum absolute atomic E-state index is 0.0265. The van der Waals surface area contributed by atoms with Gasteiger partial charge in [-0.15, -0.1) is 5.10 Å². The van der Waals surface area contributed by atoms with E-state index in [0.29, 0.717) is 28.7 Å². The van der Waals surface area contributed by atoms with Gasteiger partial charge in [0.2, 0.25) is 5.82 Å². The molecule has 2 aromatic carbocycles. The van der Waals surface area contributed by atoms with E-state index in [-0.39, 0.29) is 11.6 Å². The van der Waals surface area contributed by atoms with Gasteiger partial charge < -0.3 is 10.1 Å². The number of aryl methyl sites for hydroxylation is 1. The molecule has 2 heterocycles. The second-order valence-electron chi connectivity index (χ2n) is 6.11. The van der Waals surface area contributed by atoms with E-state index in [4.69, 9.17) is 4.74 Å². The molecule has 1 N–H and O–H groups in total. The molecule has 0 unspecified atom stereocenters. The van der Waals surface area contributed by atoms with E-state index >= 15 is 0 Å². The van der Waals surface area contributed by atoms with Gasteiger partial charge in [0.15, 0.2) is 5.75 Å². The molecule has 0 fully saturated rings. The topological polar surface area (TPSA) is 81.9 Å². The molecule has 4 aromatic rings. The van der Waals surface area contributed by atoms with Crippen LogP contribution >= 0.6 is 0 Å². The molecule has 144 valence electrons. The van der Waals surface area contributed by atoms with Crippen LogP contribution in [0.25, 0.3) is 5.69 Å². The number of benzene rings is 2. The summed E-state index contributed by atoms with van der Waals surface area (Å²) in [6, 6.07) is 16.6. The molecule has 4 rings (SSSR count). The number of carbonyl (C=O) groups is 1. The Morgan fingerprint density at radius 3 is 2.59 bits per heavy atom. The van der Waals surface area contributed by atoms with Crippen LogP contribution in [-0.2, 0) is 0 Å². The molecule has 8 heteroatoms. The summed E-state index contributed by atoms with van der Waals surface area (Å²) in [7, 11) is 0. The Morgan fingerprint density at radius 2 is 1.83 bits per heavy atom. The van der Waals surface area contributed by atoms with Gasteiger partial charge in [0.05, 0.1) is 11.9 Å². The van der Waals surface area contributed by atoms with Crippen molar-refractivity contribution in [3.05, 3.63) is 90.5 Å². The van der Waals surface area contributed by atoms with Crippen LogP contribution in [0.4, 0.5) is 10.1 Å². The average Bonchev–Trinajstić information content (AvgIpc) is 3.13. The Hall–Kier alpha value is -4.07. The average molecular weight is 389 g/mol. The standard InChI is InChI=1S/C21H16FN5O2/c1-14-24-20(26-27(14)16-9-7-15(22)8-10-16)21(28)25-18-13-23-12-11-19(18)29-17-5-3-2-4-6-17/h2-13H,1H3,(H,25,28). The van der Waals surface area contributed by atoms with Gasteiger partial charge in [0.1, 0.15) is 23.1 Å². The number of nitrogens with zero attached hydrogens (tertiary/aromatic N) is 4. The van der Waals surface area contributed by atoms with E-state index < -0.39 is 5.91 Å². The maximum Gasteiger partial charge on any atom is 0.295 e. The molecule has 0 spiro atoms. The summed E-state index contributed by atoms with van der Waals surface area (Å²) < 4.78 is 20.4. The van der Waals surface area contributed by atoms with Crippen molar-refractivity contribution in [3.8, 4) is 17.2 Å². The summed E-state index contributed by atoms with van der Waals surface area (Å²) in [5, 5.41) is 6.95. The van der Waals surface area contributed by atoms with Crippen LogP contribution in [0.15, 0.2) is 73.1 Å². The van der Waals surface area contributed by atoms with Gasteiger partial charge >= 0.3 is 0 Å². The van der Waals surface area contributed by atoms with E-state index in [0.717, 1.165) is 0 Å². The largest absolute Gasteiger partial charge is 0.455 e. The lowest BCUT2D eigenvalue weighted by molar-refractivity contribution is 0.101. The molecule has 2 aromatic heterocycles. The summed E-state index contributed by atoms with van der Waals surface area (Å²) in [6.45, 7) is 1.71. The van der Waals surface area contributed by atoms with Crippen molar-refractivity contribution in [1.29, 1.82) is 0 Å². The lowest BCUT2D eigenvalue weighted by Gasteiger charge is -2.10. The van der Waals surface area contributed by atoms with Gasteiger partial charge in [-0.2, -0.15) is 0 Å². The number of anilines is 1. The maximum absolute atomic E-state index is 13.1. The Morgan fingerprint density at radius 1 is 1.07 bits per heavy atom. The van der Waals surface area contributed by atoms with Crippen molar-refractivity contribution in [1.82, 2.24) is 19.7 Å². The monoisotopic (exact) mass is 389 g/mol. The second-order valence-corrected chi connectivity index (χ2v) is 6.11. The highest BCUT2D eigenvalue weighted by molar-refractivity contribution is 6.02. The third-order valence-electron chi connectivity index (χ3n) is 4.04. The molecule has 0 atom stereocenters. The summed E-state index contributed by atoms with van der Waals surface area (Å²) in [5.74, 6) is 0.667. The van der Waals surface area contributed by atoms with E-state index in [9.17, 15) is 9.18 Å². The quantitative estimate of drug-likeness (QED) is 0.554. The summed E-state index contributed by atoms with van der Waals surface area (Å²) in [5.41, 5.74) is 0.988. The first-order valence-corrected chi connectivity index (χ1v) is 8.78. The van der Waals surface area contributed by atoms with Crippen LogP contribution in [-0.4, -0.2) is 25.7 Å². The maximum atomic E-state index is 13.1. The molecule has 0 saturated carbocycles. The Kier molecular flexibility index (Phi) is 4.98. The minimum atomic E-state index is -0.514. The van der Waals surface area contributed by atoms with Crippen molar-refractivity contribution >= 4 is 11.6 Å². The van der Waals surface area contributed by atoms with Gasteiger partial charge in [0, 0.05) is 12.3 Å². The molecule has 0 aliphatic carbocycles. The molecular formula is C21H16FN5O2. The number of halogens is 1. The van der Waals surface area contributed by atoms with Crippen LogP contribution in [0, 0.1) is 12.7 Å². The van der Waals surface area contributed by atoms with E-state index in [1.807, 2.05) is 18.2 Å². The fourth-order valence-corrected chi connectivity index (χ4v) is 2.67. The Labute approximate surface area is 165 Å². The fourth-order valence-electron chi connectivity index (χ4n) is 2.67. The van der Waals surface area contributed by atoms with Gasteiger partial charge in [-0.3, -0.25) is 9.78 Å². The predicted octanol–water partition coefficient (Wildman–Crippen LogP) is 4.15. The summed E-state index contributed by atoms with van der Waals surface area (Å²) in [4.78, 5) is 20.9. The lowest BCUT2D eigenvalue weighted by Crippen LogP contribution is -2.15. The smallest absolute Gasteiger partial charge is 0.295 e. The highest BCUT2D eigenvalue weighted by Crippen LogP contribution is 2.28. The van der Waals surface area contributed by atoms with Gasteiger partial charge in [-0.05, 0) is 43.3 Å². The third kappa shape index (κ3) is 4.11. The van der Waals surface area contributed by atoms with Crippen LogP contribution in [0.1, 0.15) is 16.4 Å². The van der Waals surface area contributed by atoms with Gasteiger partial charge in [-0.1, -0.05) is 18.2 Å². The van der Waals surface area contributed by atoms with Crippen molar-refractivity contribution in [3.63, 3.8) is 0 Å². The minimum Gasteiger partial charge on any atom is -0.455 e. The molecule has 0 bridgehead atoms. The SMILES string of the molecule is Cc1nc(C(=O)Nc2cnccc2Oc2ccccc2)nn1-c1ccc(F)cc1. The van der Waals surface area contributed by atoms with Crippen molar-refractivity contribution in [2.45, 2.75) is 6.92 Å². The number of nitrogens with one attached hydrogen (secondary N) is 1. The van der Waals surface area contributed by atoms with Crippen molar-refractivity contribution in [2.75, 3.05) is 5.32 Å². The van der Waals surface area contributed by atoms with Crippen LogP contribution in [0.2, 0.25) is 0 Å². The number of rotatable bonds is 5. The first-order chi connectivity index (χ1) is 14.1. The molecule has 0 aliphatic heterocycles. The number of pyridine rings is 1. The summed E-state index contributed by atoms with van der Waals surface area (Å²) in [6.07, 6.45) is 3.06. The van der Waals surface area contributed by atoms with E-state index in [1.165, 1.54) is 23.0 Å². The van der Waals surface area contributed by atoms with Crippen molar-refractivity contribution in [2.24, 2.45) is 0 Å².